The lowest BCUT2D eigenvalue weighted by Gasteiger charge is -1.99. The number of fused-ring (bicyclic) bond motifs is 3. The van der Waals surface area contributed by atoms with Gasteiger partial charge in [-0.1, -0.05) is 42.5 Å². The van der Waals surface area contributed by atoms with Crippen LogP contribution in [-0.2, 0) is 0 Å². The van der Waals surface area contributed by atoms with Crippen LogP contribution in [0.3, 0.4) is 0 Å². The van der Waals surface area contributed by atoms with Crippen LogP contribution in [0.1, 0.15) is 0 Å². The third-order valence-electron chi connectivity index (χ3n) is 3.27. The Morgan fingerprint density at radius 3 is 2.62 bits per heavy atom. The van der Waals surface area contributed by atoms with Gasteiger partial charge in [-0.2, -0.15) is 0 Å². The minimum Gasteiger partial charge on any atom is -0.0610 e. The summed E-state index contributed by atoms with van der Waals surface area (Å²) in [5.41, 5.74) is 5.26. The Balaban J connectivity index is 2.31. The maximum Gasteiger partial charge on any atom is -0.00201 e. The summed E-state index contributed by atoms with van der Waals surface area (Å²) < 4.78 is 0. The highest BCUT2D eigenvalue weighted by atomic mass is 14.2. The Bertz CT molecular complexity index is 650. The summed E-state index contributed by atoms with van der Waals surface area (Å²) >= 11 is 0. The van der Waals surface area contributed by atoms with E-state index in [-0.39, 0.29) is 0 Å². The molecule has 0 aromatic heterocycles. The Morgan fingerprint density at radius 2 is 1.62 bits per heavy atom. The van der Waals surface area contributed by atoms with Crippen LogP contribution in [0.2, 0.25) is 0 Å². The van der Waals surface area contributed by atoms with Gasteiger partial charge in [0.05, 0.1) is 0 Å². The van der Waals surface area contributed by atoms with Crippen molar-refractivity contribution in [3.8, 4) is 22.3 Å². The molecule has 0 N–H and O–H groups in total. The molecule has 0 heteroatoms. The van der Waals surface area contributed by atoms with E-state index in [0.29, 0.717) is 0 Å². The fourth-order valence-electron chi connectivity index (χ4n) is 2.60. The summed E-state index contributed by atoms with van der Waals surface area (Å²) in [7, 11) is 0. The third kappa shape index (κ3) is 0.849. The van der Waals surface area contributed by atoms with Crippen molar-refractivity contribution >= 4 is 10.8 Å². The lowest BCUT2D eigenvalue weighted by Crippen LogP contribution is -1.74. The van der Waals surface area contributed by atoms with Crippen LogP contribution in [0, 0.1) is 12.1 Å². The van der Waals surface area contributed by atoms with E-state index in [1.54, 1.807) is 0 Å². The molecule has 16 heavy (non-hydrogen) atoms. The SMILES string of the molecule is [c]1ccc2c(c1)-c1cc[c]c3cccc-2c13. The molecule has 0 saturated heterocycles. The topological polar surface area (TPSA) is 0 Å². The van der Waals surface area contributed by atoms with E-state index in [4.69, 9.17) is 0 Å². The summed E-state index contributed by atoms with van der Waals surface area (Å²) in [5, 5.41) is 2.53. The minimum absolute atomic E-state index is 1.20. The van der Waals surface area contributed by atoms with Crippen LogP contribution < -0.4 is 0 Å². The van der Waals surface area contributed by atoms with Crippen molar-refractivity contribution in [1.29, 1.82) is 0 Å². The van der Waals surface area contributed by atoms with Gasteiger partial charge in [0.15, 0.2) is 0 Å². The Morgan fingerprint density at radius 1 is 0.750 bits per heavy atom. The molecular formula is C16H8. The number of rotatable bonds is 0. The highest BCUT2D eigenvalue weighted by molar-refractivity contribution is 6.14. The van der Waals surface area contributed by atoms with Crippen molar-refractivity contribution in [1.82, 2.24) is 0 Å². The van der Waals surface area contributed by atoms with E-state index < -0.39 is 0 Å². The van der Waals surface area contributed by atoms with Gasteiger partial charge in [-0.05, 0) is 51.2 Å². The van der Waals surface area contributed by atoms with Crippen molar-refractivity contribution in [2.24, 2.45) is 0 Å². The largest absolute Gasteiger partial charge is 0.0610 e. The summed E-state index contributed by atoms with van der Waals surface area (Å²) in [5.74, 6) is 0. The molecule has 1 aliphatic rings. The molecule has 0 nitrogen and oxygen atoms in total. The minimum atomic E-state index is 1.20. The lowest BCUT2D eigenvalue weighted by atomic mass is 10.0. The second-order valence-electron chi connectivity index (χ2n) is 4.09. The first-order chi connectivity index (χ1) is 7.95. The molecule has 3 aromatic rings. The van der Waals surface area contributed by atoms with Crippen LogP contribution in [0.15, 0.2) is 48.5 Å². The standard InChI is InChI=1S/C16H8/c1-2-8-13-12(7-1)14-9-3-5-11-6-4-10-15(13)16(11)14/h1,3-5,7-10H. The number of benzene rings is 3. The van der Waals surface area contributed by atoms with Gasteiger partial charge in [-0.15, -0.1) is 0 Å². The Kier molecular flexibility index (Phi) is 1.39. The average Bonchev–Trinajstić information content (AvgIpc) is 2.68. The van der Waals surface area contributed by atoms with Crippen LogP contribution in [-0.4, -0.2) is 0 Å². The first-order valence-corrected chi connectivity index (χ1v) is 5.39. The molecule has 72 valence electrons. The zero-order valence-electron chi connectivity index (χ0n) is 8.62. The molecule has 0 aliphatic heterocycles. The highest BCUT2D eigenvalue weighted by Gasteiger charge is 2.19. The maximum atomic E-state index is 3.30. The summed E-state index contributed by atoms with van der Waals surface area (Å²) in [6.45, 7) is 0. The Hall–Kier alpha value is -2.08. The van der Waals surface area contributed by atoms with E-state index >= 15 is 0 Å². The van der Waals surface area contributed by atoms with Gasteiger partial charge in [0.25, 0.3) is 0 Å². The van der Waals surface area contributed by atoms with Crippen molar-refractivity contribution in [3.05, 3.63) is 60.7 Å². The molecular weight excluding hydrogens is 192 g/mol. The van der Waals surface area contributed by atoms with Gasteiger partial charge >= 0.3 is 0 Å². The van der Waals surface area contributed by atoms with Crippen LogP contribution in [0.25, 0.3) is 33.0 Å². The predicted octanol–water partition coefficient (Wildman–Crippen LogP) is 4.09. The molecule has 0 spiro atoms. The van der Waals surface area contributed by atoms with Crippen molar-refractivity contribution in [3.63, 3.8) is 0 Å². The van der Waals surface area contributed by atoms with Gasteiger partial charge in [0.1, 0.15) is 0 Å². The normalized spacial score (nSPS) is 11.8. The second-order valence-corrected chi connectivity index (χ2v) is 4.09. The van der Waals surface area contributed by atoms with Crippen LogP contribution in [0.5, 0.6) is 0 Å². The zero-order chi connectivity index (χ0) is 10.5. The quantitative estimate of drug-likeness (QED) is 0.401. The zero-order valence-corrected chi connectivity index (χ0v) is 8.62. The van der Waals surface area contributed by atoms with E-state index in [2.05, 4.69) is 48.5 Å². The van der Waals surface area contributed by atoms with Crippen molar-refractivity contribution in [2.45, 2.75) is 0 Å². The molecule has 0 unspecified atom stereocenters. The number of hydrogen-bond donors (Lipinski definition) is 0. The molecule has 0 heterocycles. The molecule has 1 aliphatic carbocycles. The molecule has 3 aromatic carbocycles. The van der Waals surface area contributed by atoms with Crippen molar-refractivity contribution < 1.29 is 0 Å². The average molecular weight is 200 g/mol. The fourth-order valence-corrected chi connectivity index (χ4v) is 2.60. The molecule has 2 radical (unpaired) electrons. The van der Waals surface area contributed by atoms with E-state index in [9.17, 15) is 0 Å². The smallest absolute Gasteiger partial charge is 0.00201 e. The molecule has 0 saturated carbocycles. The summed E-state index contributed by atoms with van der Waals surface area (Å²) in [6.07, 6.45) is 0. The first kappa shape index (κ1) is 8.12. The van der Waals surface area contributed by atoms with E-state index in [1.807, 2.05) is 12.1 Å². The van der Waals surface area contributed by atoms with Gasteiger partial charge in [0, 0.05) is 0 Å². The van der Waals surface area contributed by atoms with Crippen molar-refractivity contribution in [2.75, 3.05) is 0 Å². The first-order valence-electron chi connectivity index (χ1n) is 5.39. The Labute approximate surface area is 94.2 Å². The summed E-state index contributed by atoms with van der Waals surface area (Å²) in [6, 6.07) is 23.2. The third-order valence-corrected chi connectivity index (χ3v) is 3.27. The van der Waals surface area contributed by atoms with Gasteiger partial charge in [-0.25, -0.2) is 0 Å². The molecule has 0 atom stereocenters. The van der Waals surface area contributed by atoms with E-state index in [1.165, 1.54) is 33.0 Å². The van der Waals surface area contributed by atoms with Gasteiger partial charge in [0.2, 0.25) is 0 Å². The highest BCUT2D eigenvalue weighted by Crippen LogP contribution is 2.46. The van der Waals surface area contributed by atoms with E-state index in [0.717, 1.165) is 0 Å². The molecule has 0 fully saturated rings. The lowest BCUT2D eigenvalue weighted by molar-refractivity contribution is 1.68. The molecule has 0 bridgehead atoms. The van der Waals surface area contributed by atoms with Crippen LogP contribution in [0.4, 0.5) is 0 Å². The van der Waals surface area contributed by atoms with Gasteiger partial charge < -0.3 is 0 Å². The monoisotopic (exact) mass is 200 g/mol. The predicted molar refractivity (Wildman–Crippen MR) is 66.1 cm³/mol. The van der Waals surface area contributed by atoms with Crippen LogP contribution >= 0.6 is 0 Å². The molecule has 0 amide bonds. The number of hydrogen-bond acceptors (Lipinski definition) is 0. The molecule has 4 rings (SSSR count). The summed E-state index contributed by atoms with van der Waals surface area (Å²) in [4.78, 5) is 0. The maximum absolute atomic E-state index is 3.30. The second kappa shape index (κ2) is 2.73. The fraction of sp³-hybridized carbons (Fsp3) is 0. The van der Waals surface area contributed by atoms with Gasteiger partial charge in [-0.3, -0.25) is 0 Å².